The summed E-state index contributed by atoms with van der Waals surface area (Å²) in [5, 5.41) is 14.8. The molecule has 3 aromatic heterocycles. The number of carbonyl (C=O) groups excluding carboxylic acids is 1. The Morgan fingerprint density at radius 1 is 0.882 bits per heavy atom. The molecule has 0 unspecified atom stereocenters. The Morgan fingerprint density at radius 2 is 1.51 bits per heavy atom. The van der Waals surface area contributed by atoms with Crippen LogP contribution in [0.4, 0.5) is 0 Å². The molecule has 1 radical (unpaired) electrons. The summed E-state index contributed by atoms with van der Waals surface area (Å²) in [4.78, 5) is 21.7. The van der Waals surface area contributed by atoms with Gasteiger partial charge in [0.2, 0.25) is 0 Å². The minimum absolute atomic E-state index is 0. The maximum absolute atomic E-state index is 12.2. The van der Waals surface area contributed by atoms with Crippen molar-refractivity contribution in [3.05, 3.63) is 95.3 Å². The SMILES string of the molecule is CC(C)Cc1ccnc2c(-c3ccnc(-c4[c-]c5ccccc5c(C(C)(C)C)c4)c3)csc12.CCC(C)(CC)C(=O)/C=C(\O)C(C)(CC)CC.[Ir]. The molecular weight excluding hydrogens is 825 g/mol. The first-order chi connectivity index (χ1) is 23.6. The van der Waals surface area contributed by atoms with Gasteiger partial charge in [-0.25, -0.2) is 0 Å². The molecule has 0 aliphatic heterocycles. The molecule has 4 nitrogen and oxygen atoms in total. The van der Waals surface area contributed by atoms with Crippen molar-refractivity contribution in [3.8, 4) is 22.4 Å². The van der Waals surface area contributed by atoms with Gasteiger partial charge in [0.25, 0.3) is 0 Å². The van der Waals surface area contributed by atoms with Gasteiger partial charge in [-0.1, -0.05) is 111 Å². The molecule has 51 heavy (non-hydrogen) atoms. The molecule has 5 aromatic rings. The molecule has 0 atom stereocenters. The first-order valence-electron chi connectivity index (χ1n) is 18.3. The largest absolute Gasteiger partial charge is 0.512 e. The fourth-order valence-electron chi connectivity index (χ4n) is 6.21. The van der Waals surface area contributed by atoms with Crippen LogP contribution in [0.1, 0.15) is 113 Å². The molecule has 0 saturated carbocycles. The second-order valence-corrected chi connectivity index (χ2v) is 16.5. The zero-order valence-electron chi connectivity index (χ0n) is 32.5. The quantitative estimate of drug-likeness (QED) is 0.0815. The molecule has 1 N–H and O–H groups in total. The van der Waals surface area contributed by atoms with Crippen LogP contribution in [0.25, 0.3) is 43.4 Å². The molecule has 0 fully saturated rings. The molecule has 0 saturated heterocycles. The molecule has 5 rings (SSSR count). The van der Waals surface area contributed by atoms with Crippen molar-refractivity contribution in [3.63, 3.8) is 0 Å². The van der Waals surface area contributed by atoms with Gasteiger partial charge in [-0.3, -0.25) is 14.8 Å². The molecule has 2 aromatic carbocycles. The Labute approximate surface area is 324 Å². The summed E-state index contributed by atoms with van der Waals surface area (Å²) in [7, 11) is 0. The van der Waals surface area contributed by atoms with Crippen LogP contribution in [0.5, 0.6) is 0 Å². The Kier molecular flexibility index (Phi) is 14.5. The summed E-state index contributed by atoms with van der Waals surface area (Å²) < 4.78 is 1.30. The molecule has 6 heteroatoms. The van der Waals surface area contributed by atoms with Crippen LogP contribution in [0.15, 0.2) is 78.1 Å². The molecule has 0 bridgehead atoms. The third-order valence-electron chi connectivity index (χ3n) is 10.7. The summed E-state index contributed by atoms with van der Waals surface area (Å²) >= 11 is 1.80. The summed E-state index contributed by atoms with van der Waals surface area (Å²) in [6.07, 6.45) is 9.68. The third kappa shape index (κ3) is 9.63. The zero-order chi connectivity index (χ0) is 36.9. The fraction of sp³-hybridized carbons (Fsp3) is 0.444. The second kappa shape index (κ2) is 17.6. The van der Waals surface area contributed by atoms with Gasteiger partial charge in [0.05, 0.1) is 10.2 Å². The number of aliphatic hydroxyl groups is 1. The smallest absolute Gasteiger partial charge is 0.164 e. The van der Waals surface area contributed by atoms with Crippen molar-refractivity contribution in [2.45, 2.75) is 114 Å². The summed E-state index contributed by atoms with van der Waals surface area (Å²) in [5.74, 6) is 0.905. The molecule has 275 valence electrons. The maximum atomic E-state index is 12.2. The monoisotopic (exact) mass is 882 g/mol. The summed E-state index contributed by atoms with van der Waals surface area (Å²) in [5.41, 5.74) is 7.54. The first-order valence-corrected chi connectivity index (χ1v) is 19.2. The average molecular weight is 882 g/mol. The predicted molar refractivity (Wildman–Crippen MR) is 215 cm³/mol. The number of thiophene rings is 1. The van der Waals surface area contributed by atoms with Crippen LogP contribution in [-0.2, 0) is 36.7 Å². The second-order valence-electron chi connectivity index (χ2n) is 15.6. The number of pyridine rings is 2. The Bertz CT molecular complexity index is 1960. The first kappa shape index (κ1) is 42.2. The number of hydrogen-bond donors (Lipinski definition) is 1. The van der Waals surface area contributed by atoms with E-state index in [4.69, 9.17) is 9.97 Å². The summed E-state index contributed by atoms with van der Waals surface area (Å²) in [6, 6.07) is 20.8. The van der Waals surface area contributed by atoms with Gasteiger partial charge < -0.3 is 5.11 Å². The van der Waals surface area contributed by atoms with E-state index in [0.29, 0.717) is 5.92 Å². The number of aliphatic hydroxyl groups excluding tert-OH is 1. The van der Waals surface area contributed by atoms with E-state index in [1.807, 2.05) is 53.9 Å². The number of rotatable bonds is 11. The molecule has 0 aliphatic carbocycles. The van der Waals surface area contributed by atoms with Crippen LogP contribution in [0, 0.1) is 22.8 Å². The normalized spacial score (nSPS) is 12.5. The maximum Gasteiger partial charge on any atom is 0.164 e. The van der Waals surface area contributed by atoms with E-state index in [9.17, 15) is 9.90 Å². The summed E-state index contributed by atoms with van der Waals surface area (Å²) in [6.45, 7) is 23.4. The van der Waals surface area contributed by atoms with E-state index in [1.165, 1.54) is 32.9 Å². The van der Waals surface area contributed by atoms with E-state index in [-0.39, 0.29) is 47.9 Å². The number of ketones is 1. The van der Waals surface area contributed by atoms with Crippen molar-refractivity contribution in [1.82, 2.24) is 9.97 Å². The Morgan fingerprint density at radius 3 is 2.12 bits per heavy atom. The van der Waals surface area contributed by atoms with Gasteiger partial charge in [0.15, 0.2) is 5.78 Å². The molecule has 0 aliphatic rings. The van der Waals surface area contributed by atoms with Gasteiger partial charge >= 0.3 is 0 Å². The van der Waals surface area contributed by atoms with Gasteiger partial charge in [-0.05, 0) is 66.7 Å². The number of allylic oxidation sites excluding steroid dienone is 2. The van der Waals surface area contributed by atoms with Crippen molar-refractivity contribution >= 4 is 38.1 Å². The molecule has 0 spiro atoms. The predicted octanol–water partition coefficient (Wildman–Crippen LogP) is 13.1. The van der Waals surface area contributed by atoms with E-state index >= 15 is 0 Å². The van der Waals surface area contributed by atoms with Gasteiger partial charge in [0.1, 0.15) is 5.76 Å². The topological polar surface area (TPSA) is 63.1 Å². The van der Waals surface area contributed by atoms with E-state index in [2.05, 4.69) is 94.6 Å². The molecule has 0 amide bonds. The van der Waals surface area contributed by atoms with Crippen molar-refractivity contribution < 1.29 is 30.0 Å². The molecular formula is C45H57IrN2O2S-. The van der Waals surface area contributed by atoms with Crippen molar-refractivity contribution in [2.75, 3.05) is 0 Å². The fourth-order valence-corrected chi connectivity index (χ4v) is 7.27. The van der Waals surface area contributed by atoms with Crippen LogP contribution in [-0.4, -0.2) is 20.9 Å². The number of fused-ring (bicyclic) bond motifs is 2. The minimum Gasteiger partial charge on any atom is -0.512 e. The number of nitrogens with zero attached hydrogens (tertiary/aromatic N) is 2. The van der Waals surface area contributed by atoms with Gasteiger partial charge in [-0.2, -0.15) is 0 Å². The van der Waals surface area contributed by atoms with Crippen molar-refractivity contribution in [2.24, 2.45) is 16.7 Å². The zero-order valence-corrected chi connectivity index (χ0v) is 35.7. The Balaban J connectivity index is 0.000000335. The number of benzene rings is 2. The van der Waals surface area contributed by atoms with Crippen LogP contribution in [0.2, 0.25) is 0 Å². The number of carbonyl (C=O) groups is 1. The van der Waals surface area contributed by atoms with Crippen molar-refractivity contribution in [1.29, 1.82) is 0 Å². The average Bonchev–Trinajstić information content (AvgIpc) is 3.55. The van der Waals surface area contributed by atoms with E-state index < -0.39 is 0 Å². The van der Waals surface area contributed by atoms with Crippen LogP contribution in [0.3, 0.4) is 0 Å². The van der Waals surface area contributed by atoms with Crippen LogP contribution >= 0.6 is 11.3 Å². The van der Waals surface area contributed by atoms with E-state index in [1.54, 1.807) is 11.3 Å². The third-order valence-corrected chi connectivity index (χ3v) is 11.7. The minimum atomic E-state index is -0.337. The van der Waals surface area contributed by atoms with Gasteiger partial charge in [0, 0.05) is 66.0 Å². The van der Waals surface area contributed by atoms with Gasteiger partial charge in [-0.15, -0.1) is 40.5 Å². The van der Waals surface area contributed by atoms with Crippen LogP contribution < -0.4 is 0 Å². The van der Waals surface area contributed by atoms with E-state index in [0.717, 1.165) is 59.8 Å². The molecule has 3 heterocycles. The Hall–Kier alpha value is -3.18. The number of hydrogen-bond acceptors (Lipinski definition) is 5. The number of aromatic nitrogens is 2. The standard InChI is InChI=1S/C30H29N2S.C15H28O2.Ir/c1-19(2)14-22-11-13-32-28-25(18-33-29(22)28)21-10-12-31-27(17-21)23-15-20-8-6-7-9-24(20)26(16-23)30(3,4)5;1-7-14(5,8-2)12(16)11-13(17)15(6,9-3)10-4;/h6-13,16-19H,14H2,1-5H3;11,16H,7-10H2,1-6H3;/q-1;;/b;12-11-;.